The zero-order valence-electron chi connectivity index (χ0n) is 6.15. The van der Waals surface area contributed by atoms with Gasteiger partial charge in [-0.1, -0.05) is 24.8 Å². The van der Waals surface area contributed by atoms with E-state index < -0.39 is 11.7 Å². The van der Waals surface area contributed by atoms with Crippen LogP contribution in [0.25, 0.3) is 6.08 Å². The van der Waals surface area contributed by atoms with Crippen LogP contribution in [0.4, 0.5) is 13.2 Å². The van der Waals surface area contributed by atoms with E-state index in [4.69, 9.17) is 0 Å². The summed E-state index contributed by atoms with van der Waals surface area (Å²) in [5.74, 6) is 0. The normalized spacial score (nSPS) is 11.2. The Kier molecular flexibility index (Phi) is 2.22. The predicted octanol–water partition coefficient (Wildman–Crippen LogP) is 3.15. The summed E-state index contributed by atoms with van der Waals surface area (Å²) >= 11 is 0. The lowest BCUT2D eigenvalue weighted by Gasteiger charge is -2.08. The third-order valence-electron chi connectivity index (χ3n) is 1.42. The molecule has 0 aliphatic carbocycles. The van der Waals surface area contributed by atoms with E-state index in [1.165, 1.54) is 18.2 Å². The Morgan fingerprint density at radius 1 is 1.42 bits per heavy atom. The second-order valence-electron chi connectivity index (χ2n) is 2.22. The van der Waals surface area contributed by atoms with Gasteiger partial charge in [-0.25, -0.2) is 0 Å². The number of benzene rings is 1. The van der Waals surface area contributed by atoms with Crippen LogP contribution in [0.3, 0.4) is 0 Å². The topological polar surface area (TPSA) is 0 Å². The van der Waals surface area contributed by atoms with Crippen LogP contribution in [0.1, 0.15) is 11.1 Å². The number of hydrogen-bond donors (Lipinski definition) is 0. The van der Waals surface area contributed by atoms with Gasteiger partial charge in [-0.3, -0.25) is 0 Å². The number of hydrogen-bond acceptors (Lipinski definition) is 0. The summed E-state index contributed by atoms with van der Waals surface area (Å²) in [5.41, 5.74) is -0.610. The highest BCUT2D eigenvalue weighted by Gasteiger charge is 2.32. The van der Waals surface area contributed by atoms with Gasteiger partial charge in [0.1, 0.15) is 0 Å². The maximum Gasteiger partial charge on any atom is 0.417 e. The number of alkyl halides is 3. The molecule has 1 radical (unpaired) electrons. The van der Waals surface area contributed by atoms with Crippen molar-refractivity contribution in [1.29, 1.82) is 0 Å². The summed E-state index contributed by atoms with van der Waals surface area (Å²) < 4.78 is 36.5. The molecule has 63 valence electrons. The second-order valence-corrected chi connectivity index (χ2v) is 2.22. The molecule has 0 amide bonds. The Bertz CT molecular complexity index is 286. The van der Waals surface area contributed by atoms with Crippen molar-refractivity contribution in [3.05, 3.63) is 42.0 Å². The van der Waals surface area contributed by atoms with Crippen LogP contribution >= 0.6 is 0 Å². The summed E-state index contributed by atoms with van der Waals surface area (Å²) in [5, 5.41) is 0. The molecule has 12 heavy (non-hydrogen) atoms. The first kappa shape index (κ1) is 8.84. The van der Waals surface area contributed by atoms with E-state index in [-0.39, 0.29) is 5.56 Å². The van der Waals surface area contributed by atoms with E-state index in [0.29, 0.717) is 0 Å². The molecule has 1 rings (SSSR count). The molecule has 0 aromatic heterocycles. The van der Waals surface area contributed by atoms with E-state index in [1.807, 2.05) is 0 Å². The standard InChI is InChI=1S/C9H6F3/c1-2-7-5-3-4-6-8(7)9(10,11)12/h2-3,5-6H,1H2. The van der Waals surface area contributed by atoms with Crippen LogP contribution in [-0.2, 0) is 6.18 Å². The predicted molar refractivity (Wildman–Crippen MR) is 40.4 cm³/mol. The summed E-state index contributed by atoms with van der Waals surface area (Å²) in [6.45, 7) is 3.29. The molecule has 0 atom stereocenters. The highest BCUT2D eigenvalue weighted by molar-refractivity contribution is 5.52. The molecule has 0 saturated carbocycles. The van der Waals surface area contributed by atoms with Crippen molar-refractivity contribution < 1.29 is 13.2 Å². The lowest BCUT2D eigenvalue weighted by molar-refractivity contribution is -0.137. The third kappa shape index (κ3) is 1.67. The highest BCUT2D eigenvalue weighted by atomic mass is 19.4. The Morgan fingerprint density at radius 3 is 2.50 bits per heavy atom. The van der Waals surface area contributed by atoms with Crippen LogP contribution in [0, 0.1) is 6.07 Å². The average Bonchev–Trinajstić information content (AvgIpc) is 2.03. The first-order valence-electron chi connectivity index (χ1n) is 3.25. The van der Waals surface area contributed by atoms with Gasteiger partial charge >= 0.3 is 6.18 Å². The molecule has 1 aromatic carbocycles. The van der Waals surface area contributed by atoms with Crippen molar-refractivity contribution in [1.82, 2.24) is 0 Å². The van der Waals surface area contributed by atoms with Gasteiger partial charge in [-0.2, -0.15) is 13.2 Å². The lowest BCUT2D eigenvalue weighted by Crippen LogP contribution is -2.06. The Hall–Kier alpha value is -1.25. The second kappa shape index (κ2) is 3.01. The van der Waals surface area contributed by atoms with Crippen LogP contribution in [0.2, 0.25) is 0 Å². The van der Waals surface area contributed by atoms with Gasteiger partial charge in [-0.15, -0.1) is 0 Å². The molecule has 0 nitrogen and oxygen atoms in total. The minimum absolute atomic E-state index is 0.0845. The van der Waals surface area contributed by atoms with Crippen molar-refractivity contribution in [2.45, 2.75) is 6.18 Å². The summed E-state index contributed by atoms with van der Waals surface area (Å²) in [7, 11) is 0. The maximum absolute atomic E-state index is 12.2. The molecule has 0 aliphatic rings. The van der Waals surface area contributed by atoms with Crippen LogP contribution in [0.5, 0.6) is 0 Å². The van der Waals surface area contributed by atoms with E-state index in [0.717, 1.165) is 6.07 Å². The summed E-state index contributed by atoms with van der Waals surface area (Å²) in [4.78, 5) is 0. The minimum atomic E-state index is -4.32. The van der Waals surface area contributed by atoms with Gasteiger partial charge in [0, 0.05) is 0 Å². The molecule has 0 heterocycles. The van der Waals surface area contributed by atoms with Gasteiger partial charge in [0.05, 0.1) is 5.56 Å². The Morgan fingerprint density at radius 2 is 2.08 bits per heavy atom. The average molecular weight is 171 g/mol. The molecule has 0 spiro atoms. The van der Waals surface area contributed by atoms with Gasteiger partial charge in [0.2, 0.25) is 0 Å². The highest BCUT2D eigenvalue weighted by Crippen LogP contribution is 2.31. The first-order valence-corrected chi connectivity index (χ1v) is 3.25. The van der Waals surface area contributed by atoms with Crippen LogP contribution in [-0.4, -0.2) is 0 Å². The third-order valence-corrected chi connectivity index (χ3v) is 1.42. The minimum Gasteiger partial charge on any atom is -0.166 e. The van der Waals surface area contributed by atoms with Gasteiger partial charge in [0.25, 0.3) is 0 Å². The molecule has 0 aliphatic heterocycles. The van der Waals surface area contributed by atoms with Crippen LogP contribution < -0.4 is 0 Å². The molecule has 0 fully saturated rings. The van der Waals surface area contributed by atoms with Gasteiger partial charge in [0.15, 0.2) is 0 Å². The smallest absolute Gasteiger partial charge is 0.166 e. The lowest BCUT2D eigenvalue weighted by atomic mass is 10.1. The fourth-order valence-electron chi connectivity index (χ4n) is 0.866. The van der Waals surface area contributed by atoms with E-state index in [9.17, 15) is 13.2 Å². The Labute approximate surface area is 68.3 Å². The monoisotopic (exact) mass is 171 g/mol. The van der Waals surface area contributed by atoms with Crippen molar-refractivity contribution >= 4 is 6.08 Å². The zero-order chi connectivity index (χ0) is 9.19. The molecule has 0 N–H and O–H groups in total. The van der Waals surface area contributed by atoms with E-state index in [1.54, 1.807) is 0 Å². The van der Waals surface area contributed by atoms with Crippen molar-refractivity contribution in [3.8, 4) is 0 Å². The molecule has 1 aromatic rings. The van der Waals surface area contributed by atoms with Crippen molar-refractivity contribution in [2.24, 2.45) is 0 Å². The fraction of sp³-hybridized carbons (Fsp3) is 0.111. The van der Waals surface area contributed by atoms with Gasteiger partial charge in [-0.05, 0) is 17.7 Å². The summed E-state index contributed by atoms with van der Waals surface area (Å²) in [6, 6.07) is 6.04. The molecule has 3 heteroatoms. The first-order chi connectivity index (χ1) is 5.55. The quantitative estimate of drug-likeness (QED) is 0.608. The molecular formula is C9H6F3. The number of halogens is 3. The largest absolute Gasteiger partial charge is 0.417 e. The van der Waals surface area contributed by atoms with E-state index >= 15 is 0 Å². The van der Waals surface area contributed by atoms with Gasteiger partial charge < -0.3 is 0 Å². The maximum atomic E-state index is 12.2. The van der Waals surface area contributed by atoms with E-state index in [2.05, 4.69) is 12.6 Å². The molecular weight excluding hydrogens is 165 g/mol. The SMILES string of the molecule is C=Cc1cc[c]cc1C(F)(F)F. The number of rotatable bonds is 1. The summed E-state index contributed by atoms with van der Waals surface area (Å²) in [6.07, 6.45) is -3.14. The van der Waals surface area contributed by atoms with Crippen LogP contribution in [0.15, 0.2) is 24.8 Å². The fourth-order valence-corrected chi connectivity index (χ4v) is 0.866. The van der Waals surface area contributed by atoms with Crippen molar-refractivity contribution in [3.63, 3.8) is 0 Å². The molecule has 0 saturated heterocycles. The zero-order valence-corrected chi connectivity index (χ0v) is 6.15. The van der Waals surface area contributed by atoms with Crippen molar-refractivity contribution in [2.75, 3.05) is 0 Å². The molecule has 0 bridgehead atoms. The molecule has 0 unspecified atom stereocenters. The Balaban J connectivity index is 3.23.